The van der Waals surface area contributed by atoms with Crippen molar-refractivity contribution in [2.45, 2.75) is 12.7 Å². The zero-order valence-electron chi connectivity index (χ0n) is 8.73. The van der Waals surface area contributed by atoms with Crippen molar-refractivity contribution in [1.29, 1.82) is 0 Å². The Labute approximate surface area is 104 Å². The Balaban J connectivity index is 2.40. The SMILES string of the molecule is CCS(=O)(=O)Cc1cc2cc(Cl)ccc2s1. The van der Waals surface area contributed by atoms with E-state index in [9.17, 15) is 8.42 Å². The van der Waals surface area contributed by atoms with Gasteiger partial charge in [-0.1, -0.05) is 18.5 Å². The minimum absolute atomic E-state index is 0.125. The molecule has 0 saturated heterocycles. The smallest absolute Gasteiger partial charge is 0.154 e. The predicted molar refractivity (Wildman–Crippen MR) is 70.0 cm³/mol. The average molecular weight is 275 g/mol. The van der Waals surface area contributed by atoms with Crippen molar-refractivity contribution in [3.8, 4) is 0 Å². The molecular weight excluding hydrogens is 264 g/mol. The van der Waals surface area contributed by atoms with Gasteiger partial charge < -0.3 is 0 Å². The van der Waals surface area contributed by atoms with E-state index < -0.39 is 9.84 Å². The molecule has 0 fully saturated rings. The standard InChI is InChI=1S/C11H11ClO2S2/c1-2-16(13,14)7-10-6-8-5-9(12)3-4-11(8)15-10/h3-6H,2,7H2,1H3. The minimum atomic E-state index is -2.95. The molecule has 0 N–H and O–H groups in total. The van der Waals surface area contributed by atoms with Crippen molar-refractivity contribution in [3.63, 3.8) is 0 Å². The van der Waals surface area contributed by atoms with Crippen LogP contribution in [0.3, 0.4) is 0 Å². The summed E-state index contributed by atoms with van der Waals surface area (Å²) in [4.78, 5) is 0.874. The van der Waals surface area contributed by atoms with E-state index in [0.29, 0.717) is 5.02 Å². The number of benzene rings is 1. The molecule has 1 aromatic heterocycles. The third kappa shape index (κ3) is 2.56. The summed E-state index contributed by atoms with van der Waals surface area (Å²) >= 11 is 7.39. The van der Waals surface area contributed by atoms with E-state index in [1.54, 1.807) is 6.92 Å². The van der Waals surface area contributed by atoms with Crippen LogP contribution in [0.2, 0.25) is 5.02 Å². The van der Waals surface area contributed by atoms with Gasteiger partial charge >= 0.3 is 0 Å². The highest BCUT2D eigenvalue weighted by Gasteiger charge is 2.11. The summed E-state index contributed by atoms with van der Waals surface area (Å²) in [5.41, 5.74) is 0. The highest BCUT2D eigenvalue weighted by atomic mass is 35.5. The molecule has 0 amide bonds. The molecule has 16 heavy (non-hydrogen) atoms. The number of sulfone groups is 1. The first-order valence-corrected chi connectivity index (χ1v) is 7.90. The van der Waals surface area contributed by atoms with Crippen LogP contribution >= 0.6 is 22.9 Å². The predicted octanol–water partition coefficient (Wildman–Crippen LogP) is 3.49. The first kappa shape index (κ1) is 11.9. The fraction of sp³-hybridized carbons (Fsp3) is 0.273. The van der Waals surface area contributed by atoms with E-state index in [4.69, 9.17) is 11.6 Å². The largest absolute Gasteiger partial charge is 0.228 e. The van der Waals surface area contributed by atoms with Crippen LogP contribution in [-0.4, -0.2) is 14.2 Å². The number of halogens is 1. The van der Waals surface area contributed by atoms with Gasteiger partial charge in [-0.2, -0.15) is 0 Å². The lowest BCUT2D eigenvalue weighted by molar-refractivity contribution is 0.597. The maximum Gasteiger partial charge on any atom is 0.154 e. The Bertz CT molecular complexity index is 614. The van der Waals surface area contributed by atoms with Crippen molar-refractivity contribution < 1.29 is 8.42 Å². The second kappa shape index (κ2) is 4.35. The van der Waals surface area contributed by atoms with Crippen LogP contribution < -0.4 is 0 Å². The average Bonchev–Trinajstić information content (AvgIpc) is 2.58. The van der Waals surface area contributed by atoms with Gasteiger partial charge in [0.15, 0.2) is 9.84 Å². The van der Waals surface area contributed by atoms with E-state index in [0.717, 1.165) is 15.0 Å². The molecule has 2 rings (SSSR count). The number of thiophene rings is 1. The van der Waals surface area contributed by atoms with Crippen molar-refractivity contribution in [2.75, 3.05) is 5.75 Å². The van der Waals surface area contributed by atoms with E-state index in [-0.39, 0.29) is 11.5 Å². The van der Waals surface area contributed by atoms with Gasteiger partial charge in [-0.15, -0.1) is 11.3 Å². The Morgan fingerprint density at radius 3 is 2.75 bits per heavy atom. The third-order valence-corrected chi connectivity index (χ3v) is 5.50. The Hall–Kier alpha value is -0.580. The number of hydrogen-bond acceptors (Lipinski definition) is 3. The highest BCUT2D eigenvalue weighted by molar-refractivity contribution is 7.90. The molecular formula is C11H11ClO2S2. The maximum atomic E-state index is 11.5. The summed E-state index contributed by atoms with van der Waals surface area (Å²) < 4.78 is 24.1. The molecule has 0 unspecified atom stereocenters. The summed E-state index contributed by atoms with van der Waals surface area (Å²) in [5, 5.41) is 1.69. The summed E-state index contributed by atoms with van der Waals surface area (Å²) in [6, 6.07) is 7.50. The van der Waals surface area contributed by atoms with Crippen LogP contribution in [0.15, 0.2) is 24.3 Å². The zero-order valence-corrected chi connectivity index (χ0v) is 11.1. The van der Waals surface area contributed by atoms with Gasteiger partial charge in [0.05, 0.1) is 5.75 Å². The van der Waals surface area contributed by atoms with E-state index in [2.05, 4.69) is 0 Å². The molecule has 0 spiro atoms. The summed E-state index contributed by atoms with van der Waals surface area (Å²) in [5.74, 6) is 0.308. The molecule has 0 aliphatic carbocycles. The van der Waals surface area contributed by atoms with Gasteiger partial charge in [0, 0.05) is 20.4 Å². The fourth-order valence-electron chi connectivity index (χ4n) is 1.46. The molecule has 0 aliphatic heterocycles. The molecule has 5 heteroatoms. The fourth-order valence-corrected chi connectivity index (χ4v) is 3.98. The molecule has 0 aliphatic rings. The highest BCUT2D eigenvalue weighted by Crippen LogP contribution is 2.29. The first-order chi connectivity index (χ1) is 7.50. The number of rotatable bonds is 3. The van der Waals surface area contributed by atoms with Crippen LogP contribution in [0, 0.1) is 0 Å². The molecule has 2 aromatic rings. The Kier molecular flexibility index (Phi) is 3.24. The molecule has 0 saturated carbocycles. The minimum Gasteiger partial charge on any atom is -0.228 e. The normalized spacial score (nSPS) is 12.1. The summed E-state index contributed by atoms with van der Waals surface area (Å²) in [6.45, 7) is 1.67. The monoisotopic (exact) mass is 274 g/mol. The van der Waals surface area contributed by atoms with Gasteiger partial charge in [0.25, 0.3) is 0 Å². The van der Waals surface area contributed by atoms with Crippen LogP contribution in [-0.2, 0) is 15.6 Å². The lowest BCUT2D eigenvalue weighted by Crippen LogP contribution is -2.04. The van der Waals surface area contributed by atoms with Crippen LogP contribution in [0.25, 0.3) is 10.1 Å². The quantitative estimate of drug-likeness (QED) is 0.859. The molecule has 0 bridgehead atoms. The second-order valence-corrected chi connectivity index (χ2v) is 7.53. The van der Waals surface area contributed by atoms with E-state index in [1.165, 1.54) is 11.3 Å². The second-order valence-electron chi connectivity index (χ2n) is 3.57. The van der Waals surface area contributed by atoms with Crippen LogP contribution in [0.4, 0.5) is 0 Å². The Morgan fingerprint density at radius 2 is 2.06 bits per heavy atom. The molecule has 0 atom stereocenters. The van der Waals surface area contributed by atoms with Gasteiger partial charge in [-0.05, 0) is 29.7 Å². The van der Waals surface area contributed by atoms with Gasteiger partial charge in [-0.25, -0.2) is 8.42 Å². The van der Waals surface area contributed by atoms with Crippen molar-refractivity contribution in [2.24, 2.45) is 0 Å². The van der Waals surface area contributed by atoms with Gasteiger partial charge in [-0.3, -0.25) is 0 Å². The molecule has 1 heterocycles. The van der Waals surface area contributed by atoms with E-state index >= 15 is 0 Å². The first-order valence-electron chi connectivity index (χ1n) is 4.88. The van der Waals surface area contributed by atoms with Crippen LogP contribution in [0.5, 0.6) is 0 Å². The van der Waals surface area contributed by atoms with Crippen molar-refractivity contribution in [1.82, 2.24) is 0 Å². The lowest BCUT2D eigenvalue weighted by Gasteiger charge is -1.96. The number of fused-ring (bicyclic) bond motifs is 1. The van der Waals surface area contributed by atoms with Gasteiger partial charge in [0.1, 0.15) is 0 Å². The van der Waals surface area contributed by atoms with E-state index in [1.807, 2.05) is 24.3 Å². The van der Waals surface area contributed by atoms with Gasteiger partial charge in [0.2, 0.25) is 0 Å². The third-order valence-electron chi connectivity index (χ3n) is 2.33. The zero-order chi connectivity index (χ0) is 11.8. The summed E-state index contributed by atoms with van der Waals surface area (Å²) in [6.07, 6.45) is 0. The maximum absolute atomic E-state index is 11.5. The summed E-state index contributed by atoms with van der Waals surface area (Å²) in [7, 11) is -2.95. The van der Waals surface area contributed by atoms with Crippen LogP contribution in [0.1, 0.15) is 11.8 Å². The number of hydrogen-bond donors (Lipinski definition) is 0. The topological polar surface area (TPSA) is 34.1 Å². The Morgan fingerprint density at radius 1 is 1.31 bits per heavy atom. The molecule has 0 radical (unpaired) electrons. The van der Waals surface area contributed by atoms with Crippen molar-refractivity contribution in [3.05, 3.63) is 34.2 Å². The van der Waals surface area contributed by atoms with Crippen molar-refractivity contribution >= 4 is 42.9 Å². The molecule has 2 nitrogen and oxygen atoms in total. The molecule has 86 valence electrons. The molecule has 1 aromatic carbocycles. The lowest BCUT2D eigenvalue weighted by atomic mass is 10.2.